The first kappa shape index (κ1) is 11.8. The van der Waals surface area contributed by atoms with Crippen molar-refractivity contribution in [2.24, 2.45) is 23.2 Å². The van der Waals surface area contributed by atoms with Crippen LogP contribution in [0.1, 0.15) is 49.7 Å². The lowest BCUT2D eigenvalue weighted by molar-refractivity contribution is -0.0521. The molecule has 0 amide bonds. The van der Waals surface area contributed by atoms with E-state index in [0.29, 0.717) is 5.41 Å². The van der Waals surface area contributed by atoms with Crippen molar-refractivity contribution < 1.29 is 0 Å². The average Bonchev–Trinajstić information content (AvgIpc) is 2.31. The summed E-state index contributed by atoms with van der Waals surface area (Å²) < 4.78 is 0. The van der Waals surface area contributed by atoms with Crippen LogP contribution in [0.25, 0.3) is 0 Å². The molecule has 2 N–H and O–H groups in total. The van der Waals surface area contributed by atoms with Crippen molar-refractivity contribution in [1.82, 2.24) is 0 Å². The third-order valence-electron chi connectivity index (χ3n) is 6.08. The molecule has 4 aliphatic rings. The number of aryl methyl sites for hydroxylation is 1. The highest BCUT2D eigenvalue weighted by Gasteiger charge is 2.50. The van der Waals surface area contributed by atoms with E-state index in [4.69, 9.17) is 5.73 Å². The van der Waals surface area contributed by atoms with Gasteiger partial charge in [0.05, 0.1) is 0 Å². The van der Waals surface area contributed by atoms with E-state index in [9.17, 15) is 0 Å². The van der Waals surface area contributed by atoms with E-state index in [0.717, 1.165) is 23.4 Å². The first-order valence-corrected chi connectivity index (χ1v) is 7.97. The Labute approximate surface area is 116 Å². The second-order valence-electron chi connectivity index (χ2n) is 7.79. The summed E-state index contributed by atoms with van der Waals surface area (Å²) in [5.74, 6) is 3.17. The number of nitrogen functional groups attached to an aromatic ring is 1. The van der Waals surface area contributed by atoms with Gasteiger partial charge in [-0.25, -0.2) is 0 Å². The number of benzene rings is 1. The summed E-state index contributed by atoms with van der Waals surface area (Å²) in [7, 11) is 0. The van der Waals surface area contributed by atoms with Crippen LogP contribution in [-0.4, -0.2) is 0 Å². The van der Waals surface area contributed by atoms with Crippen molar-refractivity contribution in [3.05, 3.63) is 29.3 Å². The molecule has 0 aliphatic heterocycles. The van der Waals surface area contributed by atoms with Crippen LogP contribution in [0.5, 0.6) is 0 Å². The molecule has 0 heterocycles. The maximum atomic E-state index is 5.95. The molecule has 0 unspecified atom stereocenters. The highest BCUT2D eigenvalue weighted by atomic mass is 14.6. The molecule has 4 fully saturated rings. The summed E-state index contributed by atoms with van der Waals surface area (Å²) >= 11 is 0. The molecule has 1 nitrogen and oxygen atoms in total. The molecule has 0 saturated heterocycles. The van der Waals surface area contributed by atoms with E-state index in [1.165, 1.54) is 36.8 Å². The fourth-order valence-electron chi connectivity index (χ4n) is 5.79. The zero-order valence-corrected chi connectivity index (χ0v) is 12.0. The van der Waals surface area contributed by atoms with Gasteiger partial charge < -0.3 is 5.73 Å². The highest BCUT2D eigenvalue weighted by molar-refractivity contribution is 5.47. The van der Waals surface area contributed by atoms with Crippen LogP contribution in [-0.2, 0) is 6.42 Å². The zero-order chi connectivity index (χ0) is 13.0. The first-order valence-electron chi connectivity index (χ1n) is 7.97. The average molecular weight is 255 g/mol. The minimum atomic E-state index is 0.650. The van der Waals surface area contributed by atoms with Crippen LogP contribution < -0.4 is 5.73 Å². The van der Waals surface area contributed by atoms with Crippen LogP contribution in [0.2, 0.25) is 0 Å². The predicted molar refractivity (Wildman–Crippen MR) is 79.9 cm³/mol. The smallest absolute Gasteiger partial charge is 0.0343 e. The van der Waals surface area contributed by atoms with Crippen molar-refractivity contribution >= 4 is 5.69 Å². The Morgan fingerprint density at radius 1 is 1.05 bits per heavy atom. The Hall–Kier alpha value is -0.980. The molecule has 4 aliphatic carbocycles. The van der Waals surface area contributed by atoms with Gasteiger partial charge in [0.2, 0.25) is 0 Å². The van der Waals surface area contributed by atoms with Crippen molar-refractivity contribution in [2.45, 2.75) is 51.9 Å². The molecule has 0 spiro atoms. The molecule has 19 heavy (non-hydrogen) atoms. The van der Waals surface area contributed by atoms with Gasteiger partial charge in [-0.3, -0.25) is 0 Å². The topological polar surface area (TPSA) is 26.0 Å². The van der Waals surface area contributed by atoms with Crippen LogP contribution in [0.3, 0.4) is 0 Å². The van der Waals surface area contributed by atoms with Crippen LogP contribution >= 0.6 is 0 Å². The van der Waals surface area contributed by atoms with Gasteiger partial charge in [0.1, 0.15) is 0 Å². The number of hydrogen-bond acceptors (Lipinski definition) is 1. The zero-order valence-electron chi connectivity index (χ0n) is 12.0. The van der Waals surface area contributed by atoms with Crippen LogP contribution in [0, 0.1) is 30.1 Å². The molecular formula is C18H25N. The standard InChI is InChI=1S/C18H25N/c1-12-4-13(2-3-17(12)19)8-18-9-14-5-15(10-18)7-16(6-14)11-18/h2-4,14-16H,5-11,19H2,1H3. The van der Waals surface area contributed by atoms with Crippen molar-refractivity contribution in [3.63, 3.8) is 0 Å². The van der Waals surface area contributed by atoms with E-state index in [1.807, 2.05) is 0 Å². The van der Waals surface area contributed by atoms with E-state index in [2.05, 4.69) is 25.1 Å². The molecule has 1 aromatic carbocycles. The van der Waals surface area contributed by atoms with Gasteiger partial charge in [0.25, 0.3) is 0 Å². The van der Waals surface area contributed by atoms with Crippen molar-refractivity contribution in [2.75, 3.05) is 5.73 Å². The highest BCUT2D eigenvalue weighted by Crippen LogP contribution is 2.61. The predicted octanol–water partition coefficient (Wildman–Crippen LogP) is 4.34. The van der Waals surface area contributed by atoms with E-state index in [-0.39, 0.29) is 0 Å². The second-order valence-corrected chi connectivity index (χ2v) is 7.79. The maximum Gasteiger partial charge on any atom is 0.0343 e. The number of rotatable bonds is 2. The third kappa shape index (κ3) is 1.98. The Kier molecular flexibility index (Phi) is 2.49. The summed E-state index contributed by atoms with van der Waals surface area (Å²) in [6.07, 6.45) is 10.4. The summed E-state index contributed by atoms with van der Waals surface area (Å²) in [6.45, 7) is 2.14. The van der Waals surface area contributed by atoms with Gasteiger partial charge in [0, 0.05) is 5.69 Å². The Balaban J connectivity index is 1.60. The summed E-state index contributed by atoms with van der Waals surface area (Å²) in [5, 5.41) is 0. The Morgan fingerprint density at radius 3 is 2.16 bits per heavy atom. The Morgan fingerprint density at radius 2 is 1.63 bits per heavy atom. The molecule has 102 valence electrons. The molecule has 0 atom stereocenters. The van der Waals surface area contributed by atoms with E-state index in [1.54, 1.807) is 19.3 Å². The molecule has 1 heteroatoms. The van der Waals surface area contributed by atoms with E-state index < -0.39 is 0 Å². The lowest BCUT2D eigenvalue weighted by Gasteiger charge is -2.57. The van der Waals surface area contributed by atoms with E-state index >= 15 is 0 Å². The van der Waals surface area contributed by atoms with Crippen LogP contribution in [0.15, 0.2) is 18.2 Å². The minimum Gasteiger partial charge on any atom is -0.399 e. The van der Waals surface area contributed by atoms with Gasteiger partial charge >= 0.3 is 0 Å². The fourth-order valence-corrected chi connectivity index (χ4v) is 5.79. The summed E-state index contributed by atoms with van der Waals surface area (Å²) in [6, 6.07) is 6.69. The fraction of sp³-hybridized carbons (Fsp3) is 0.667. The van der Waals surface area contributed by atoms with Gasteiger partial charge in [-0.1, -0.05) is 12.1 Å². The lowest BCUT2D eigenvalue weighted by Crippen LogP contribution is -2.47. The molecule has 4 saturated carbocycles. The second kappa shape index (κ2) is 4.01. The van der Waals surface area contributed by atoms with Gasteiger partial charge in [-0.15, -0.1) is 0 Å². The summed E-state index contributed by atoms with van der Waals surface area (Å²) in [5.41, 5.74) is 10.3. The number of anilines is 1. The molecule has 1 aromatic rings. The SMILES string of the molecule is Cc1cc(CC23CC4CC(CC(C4)C2)C3)ccc1N. The minimum absolute atomic E-state index is 0.650. The van der Waals surface area contributed by atoms with Crippen molar-refractivity contribution in [1.29, 1.82) is 0 Å². The molecule has 4 bridgehead atoms. The Bertz CT molecular complexity index is 467. The quantitative estimate of drug-likeness (QED) is 0.782. The molecular weight excluding hydrogens is 230 g/mol. The molecule has 0 radical (unpaired) electrons. The molecule has 0 aromatic heterocycles. The third-order valence-corrected chi connectivity index (χ3v) is 6.08. The molecule has 5 rings (SSSR count). The van der Waals surface area contributed by atoms with Gasteiger partial charge in [-0.05, 0) is 92.2 Å². The monoisotopic (exact) mass is 255 g/mol. The first-order chi connectivity index (χ1) is 9.12. The summed E-state index contributed by atoms with van der Waals surface area (Å²) in [4.78, 5) is 0. The van der Waals surface area contributed by atoms with Crippen LogP contribution in [0.4, 0.5) is 5.69 Å². The normalized spacial score (nSPS) is 39.7. The van der Waals surface area contributed by atoms with Gasteiger partial charge in [0.15, 0.2) is 0 Å². The largest absolute Gasteiger partial charge is 0.399 e. The lowest BCUT2D eigenvalue weighted by atomic mass is 9.48. The maximum absolute atomic E-state index is 5.95. The van der Waals surface area contributed by atoms with Gasteiger partial charge in [-0.2, -0.15) is 0 Å². The number of hydrogen-bond donors (Lipinski definition) is 1. The number of nitrogens with two attached hydrogens (primary N) is 1. The van der Waals surface area contributed by atoms with Crippen molar-refractivity contribution in [3.8, 4) is 0 Å².